The highest BCUT2D eigenvalue weighted by atomic mass is 16.5. The first kappa shape index (κ1) is 22.7. The molecule has 3 N–H and O–H groups in total. The second kappa shape index (κ2) is 6.96. The fourth-order valence-corrected chi connectivity index (χ4v) is 11.1. The van der Waals surface area contributed by atoms with Gasteiger partial charge < -0.3 is 5.21 Å². The van der Waals surface area contributed by atoms with Crippen LogP contribution in [0.25, 0.3) is 0 Å². The monoisotopic (exact) mass is 444 g/mol. The van der Waals surface area contributed by atoms with Crippen molar-refractivity contribution in [2.75, 3.05) is 0 Å². The third-order valence-electron chi connectivity index (χ3n) is 12.8. The van der Waals surface area contributed by atoms with Gasteiger partial charge in [-0.3, -0.25) is 10.0 Å². The SMILES string of the molecule is CC1(C)/C(=N/O)CCC2(C)C1CCC1(C)C2CCC2C3CCCC3(C(=O)NO)CC[C@]21C. The molecule has 5 aliphatic rings. The molecule has 0 spiro atoms. The van der Waals surface area contributed by atoms with Gasteiger partial charge in [0.05, 0.1) is 11.1 Å². The number of oxime groups is 1. The van der Waals surface area contributed by atoms with Crippen LogP contribution in [0.3, 0.4) is 0 Å². The Bertz CT molecular complexity index is 839. The predicted octanol–water partition coefficient (Wildman–Crippen LogP) is 6.18. The molecule has 5 fully saturated rings. The number of carbonyl (C=O) groups excluding carboxylic acids is 1. The van der Waals surface area contributed by atoms with Crippen LogP contribution in [-0.2, 0) is 4.79 Å². The zero-order chi connectivity index (χ0) is 23.2. The molecule has 0 heterocycles. The summed E-state index contributed by atoms with van der Waals surface area (Å²) in [5.74, 6) is 2.10. The number of nitrogens with one attached hydrogen (secondary N) is 1. The highest BCUT2D eigenvalue weighted by Crippen LogP contribution is 2.76. The van der Waals surface area contributed by atoms with E-state index in [0.29, 0.717) is 23.7 Å². The molecule has 0 aromatic carbocycles. The van der Waals surface area contributed by atoms with E-state index in [1.54, 1.807) is 0 Å². The molecule has 0 radical (unpaired) electrons. The summed E-state index contributed by atoms with van der Waals surface area (Å²) in [4.78, 5) is 12.9. The van der Waals surface area contributed by atoms with E-state index in [9.17, 15) is 15.2 Å². The van der Waals surface area contributed by atoms with Crippen LogP contribution in [-0.4, -0.2) is 22.0 Å². The number of nitrogens with zero attached hydrogens (tertiary/aromatic N) is 1. The molecule has 5 heteroatoms. The molecule has 8 atom stereocenters. The van der Waals surface area contributed by atoms with Crippen molar-refractivity contribution in [1.82, 2.24) is 5.48 Å². The Hall–Kier alpha value is -1.10. The summed E-state index contributed by atoms with van der Waals surface area (Å²) in [5, 5.41) is 23.0. The highest BCUT2D eigenvalue weighted by molar-refractivity contribution is 5.90. The maximum absolute atomic E-state index is 12.9. The Kier molecular flexibility index (Phi) is 4.93. The zero-order valence-electron chi connectivity index (χ0n) is 20.8. The van der Waals surface area contributed by atoms with E-state index in [-0.39, 0.29) is 33.0 Å². The van der Waals surface area contributed by atoms with Gasteiger partial charge in [-0.15, -0.1) is 0 Å². The quantitative estimate of drug-likeness (QED) is 0.257. The lowest BCUT2D eigenvalue weighted by molar-refractivity contribution is -0.225. The normalized spacial score (nSPS) is 53.0. The molecule has 32 heavy (non-hydrogen) atoms. The number of fused-ring (bicyclic) bond motifs is 7. The number of hydrogen-bond donors (Lipinski definition) is 3. The molecular formula is C27H44N2O3. The second-order valence-electron chi connectivity index (χ2n) is 13.5. The van der Waals surface area contributed by atoms with Gasteiger partial charge in [0, 0.05) is 5.41 Å². The summed E-state index contributed by atoms with van der Waals surface area (Å²) in [6.45, 7) is 12.3. The first-order valence-corrected chi connectivity index (χ1v) is 13.2. The van der Waals surface area contributed by atoms with Gasteiger partial charge in [-0.05, 0) is 104 Å². The Labute approximate surface area is 193 Å². The molecule has 5 saturated carbocycles. The van der Waals surface area contributed by atoms with Crippen molar-refractivity contribution in [2.45, 2.75) is 105 Å². The number of rotatable bonds is 1. The van der Waals surface area contributed by atoms with Crippen LogP contribution in [0.15, 0.2) is 5.16 Å². The van der Waals surface area contributed by atoms with Crippen LogP contribution in [0.2, 0.25) is 0 Å². The largest absolute Gasteiger partial charge is 0.411 e. The first-order chi connectivity index (χ1) is 15.0. The summed E-state index contributed by atoms with van der Waals surface area (Å²) in [7, 11) is 0. The Morgan fingerprint density at radius 2 is 1.62 bits per heavy atom. The van der Waals surface area contributed by atoms with Crippen molar-refractivity contribution < 1.29 is 15.2 Å². The van der Waals surface area contributed by atoms with Crippen LogP contribution >= 0.6 is 0 Å². The standard InChI is InChI=1S/C27H44N2O3/c1-23(2)19-10-14-26(5)20(24(19,3)13-11-21(23)28-31)9-8-17-18-7-6-12-27(18,22(30)29-32)16-15-25(17,26)4/h17-20,31-32H,6-16H2,1-5H3,(H,29,30)/b28-21+/t17?,18?,19?,20?,24?,25-,26?,27?/m1/s1. The van der Waals surface area contributed by atoms with Gasteiger partial charge in [-0.25, -0.2) is 5.48 Å². The van der Waals surface area contributed by atoms with Crippen LogP contribution < -0.4 is 5.48 Å². The van der Waals surface area contributed by atoms with Gasteiger partial charge in [-0.1, -0.05) is 46.2 Å². The van der Waals surface area contributed by atoms with Gasteiger partial charge in [0.15, 0.2) is 0 Å². The summed E-state index contributed by atoms with van der Waals surface area (Å²) in [5.41, 5.74) is 3.45. The average Bonchev–Trinajstić information content (AvgIpc) is 3.18. The van der Waals surface area contributed by atoms with Crippen LogP contribution in [0.4, 0.5) is 0 Å². The fourth-order valence-electron chi connectivity index (χ4n) is 11.1. The number of amides is 1. The molecule has 1 amide bonds. The van der Waals surface area contributed by atoms with E-state index in [4.69, 9.17) is 0 Å². The number of hydrogen-bond acceptors (Lipinski definition) is 4. The molecule has 0 saturated heterocycles. The smallest absolute Gasteiger partial charge is 0.249 e. The van der Waals surface area contributed by atoms with Gasteiger partial charge in [-0.2, -0.15) is 0 Å². The van der Waals surface area contributed by atoms with Crippen molar-refractivity contribution in [2.24, 2.45) is 55.9 Å². The summed E-state index contributed by atoms with van der Waals surface area (Å²) in [6.07, 6.45) is 12.1. The lowest BCUT2D eigenvalue weighted by Crippen LogP contribution is -2.66. The topological polar surface area (TPSA) is 81.9 Å². The lowest BCUT2D eigenvalue weighted by atomic mass is 9.32. The molecule has 7 unspecified atom stereocenters. The van der Waals surface area contributed by atoms with Gasteiger partial charge in [0.1, 0.15) is 0 Å². The highest BCUT2D eigenvalue weighted by Gasteiger charge is 2.70. The van der Waals surface area contributed by atoms with Gasteiger partial charge in [0.2, 0.25) is 5.91 Å². The Morgan fingerprint density at radius 1 is 0.875 bits per heavy atom. The average molecular weight is 445 g/mol. The maximum Gasteiger partial charge on any atom is 0.249 e. The zero-order valence-corrected chi connectivity index (χ0v) is 20.8. The lowest BCUT2D eigenvalue weighted by Gasteiger charge is -2.72. The Morgan fingerprint density at radius 3 is 2.31 bits per heavy atom. The minimum atomic E-state index is -0.345. The van der Waals surface area contributed by atoms with Crippen molar-refractivity contribution in [3.8, 4) is 0 Å². The van der Waals surface area contributed by atoms with Crippen LogP contribution in [0.1, 0.15) is 105 Å². The van der Waals surface area contributed by atoms with Gasteiger partial charge >= 0.3 is 0 Å². The van der Waals surface area contributed by atoms with Crippen molar-refractivity contribution in [3.05, 3.63) is 0 Å². The molecular weight excluding hydrogens is 400 g/mol. The van der Waals surface area contributed by atoms with E-state index in [1.807, 2.05) is 0 Å². The van der Waals surface area contributed by atoms with E-state index < -0.39 is 0 Å². The van der Waals surface area contributed by atoms with Gasteiger partial charge in [0.25, 0.3) is 0 Å². The third-order valence-corrected chi connectivity index (χ3v) is 12.8. The minimum absolute atomic E-state index is 0.0484. The molecule has 0 bridgehead atoms. The van der Waals surface area contributed by atoms with Crippen LogP contribution in [0.5, 0.6) is 0 Å². The maximum atomic E-state index is 12.9. The third kappa shape index (κ3) is 2.50. The van der Waals surface area contributed by atoms with Crippen molar-refractivity contribution in [3.63, 3.8) is 0 Å². The summed E-state index contributed by atoms with van der Waals surface area (Å²) >= 11 is 0. The van der Waals surface area contributed by atoms with E-state index in [0.717, 1.165) is 50.7 Å². The second-order valence-corrected chi connectivity index (χ2v) is 13.5. The summed E-state index contributed by atoms with van der Waals surface area (Å²) in [6, 6.07) is 0. The van der Waals surface area contributed by atoms with E-state index in [1.165, 1.54) is 25.7 Å². The molecule has 0 aromatic rings. The minimum Gasteiger partial charge on any atom is -0.411 e. The van der Waals surface area contributed by atoms with Crippen molar-refractivity contribution in [1.29, 1.82) is 0 Å². The molecule has 5 rings (SSSR count). The molecule has 5 nitrogen and oxygen atoms in total. The molecule has 0 aromatic heterocycles. The Balaban J connectivity index is 1.52. The first-order valence-electron chi connectivity index (χ1n) is 13.2. The van der Waals surface area contributed by atoms with Crippen LogP contribution in [0, 0.1) is 50.7 Å². The number of carbonyl (C=O) groups is 1. The molecule has 0 aliphatic heterocycles. The molecule has 5 aliphatic carbocycles. The van der Waals surface area contributed by atoms with E-state index in [2.05, 4.69) is 45.3 Å². The van der Waals surface area contributed by atoms with Crippen molar-refractivity contribution >= 4 is 11.6 Å². The molecule has 180 valence electrons. The number of hydroxylamine groups is 1. The predicted molar refractivity (Wildman–Crippen MR) is 124 cm³/mol. The summed E-state index contributed by atoms with van der Waals surface area (Å²) < 4.78 is 0. The van der Waals surface area contributed by atoms with E-state index >= 15 is 0 Å². The fraction of sp³-hybridized carbons (Fsp3) is 0.926.